The molecule has 0 radical (unpaired) electrons. The summed E-state index contributed by atoms with van der Waals surface area (Å²) >= 11 is 0. The minimum Gasteiger partial charge on any atom is -0.391 e. The monoisotopic (exact) mass is 498 g/mol. The normalized spacial score (nSPS) is 42.1. The Kier molecular flexibility index (Phi) is 11.0. The summed E-state index contributed by atoms with van der Waals surface area (Å²) in [5.74, 6) is 0. The highest BCUT2D eigenvalue weighted by atomic mass is 16.7. The maximum Gasteiger partial charge on any atom is 0.186 e. The Bertz CT molecular complexity index is 620. The molecular weight excluding hydrogens is 456 g/mol. The summed E-state index contributed by atoms with van der Waals surface area (Å²) in [4.78, 5) is 0. The zero-order valence-corrected chi connectivity index (χ0v) is 19.7. The van der Waals surface area contributed by atoms with Gasteiger partial charge in [-0.3, -0.25) is 0 Å². The fourth-order valence-corrected chi connectivity index (χ4v) is 3.97. The summed E-state index contributed by atoms with van der Waals surface area (Å²) in [6.07, 6.45) is -12.4. The highest BCUT2D eigenvalue weighted by Crippen LogP contribution is 2.26. The van der Waals surface area contributed by atoms with E-state index in [1.165, 1.54) is 6.92 Å². The molecule has 0 aromatic heterocycles. The molecule has 202 valence electrons. The molecule has 0 aromatic rings. The molecular formula is C20H42N4O10. The van der Waals surface area contributed by atoms with E-state index >= 15 is 0 Å². The topological polar surface area (TPSA) is 262 Å². The van der Waals surface area contributed by atoms with Crippen LogP contribution in [0, 0.1) is 0 Å². The summed E-state index contributed by atoms with van der Waals surface area (Å²) in [6, 6.07) is -3.15. The smallest absolute Gasteiger partial charge is 0.186 e. The number of nitrogens with two attached hydrogens (primary N) is 4. The molecule has 2 heterocycles. The molecule has 34 heavy (non-hydrogen) atoms. The van der Waals surface area contributed by atoms with Gasteiger partial charge < -0.3 is 72.5 Å². The molecule has 14 nitrogen and oxygen atoms in total. The lowest BCUT2D eigenvalue weighted by Crippen LogP contribution is -2.64. The van der Waals surface area contributed by atoms with Crippen molar-refractivity contribution in [2.75, 3.05) is 6.61 Å². The average Bonchev–Trinajstić information content (AvgIpc) is 3.05. The third-order valence-corrected chi connectivity index (χ3v) is 6.36. The van der Waals surface area contributed by atoms with Gasteiger partial charge in [0.2, 0.25) is 0 Å². The first kappa shape index (κ1) is 29.7. The van der Waals surface area contributed by atoms with E-state index in [-0.39, 0.29) is 13.0 Å². The molecule has 0 aromatic carbocycles. The standard InChI is InChI=1S/C20H42N4O10/c1-6(21)17-15(29)16(30)20(33-17)31-5-11(26)10(23)4-9(22)8(3)32-19-12(24)13(27)14(28)18(34-19)7(2)25/h6-20,25-30H,4-5,21-24H2,1-3H3/t6-,7-,8-,9?,10+,11?,12?,13?,14-,15?,16-,17+,18?,19-,20+/m0/s1. The number of rotatable bonds is 11. The number of ether oxygens (including phenoxy) is 4. The van der Waals surface area contributed by atoms with Crippen molar-refractivity contribution in [3.63, 3.8) is 0 Å². The van der Waals surface area contributed by atoms with Gasteiger partial charge in [0.15, 0.2) is 12.6 Å². The summed E-state index contributed by atoms with van der Waals surface area (Å²) in [7, 11) is 0. The van der Waals surface area contributed by atoms with Crippen LogP contribution in [-0.2, 0) is 18.9 Å². The van der Waals surface area contributed by atoms with Crippen molar-refractivity contribution in [3.8, 4) is 0 Å². The molecule has 0 bridgehead atoms. The minimum absolute atomic E-state index is 0.0951. The molecule has 6 unspecified atom stereocenters. The molecule has 2 aliphatic rings. The lowest BCUT2D eigenvalue weighted by molar-refractivity contribution is -0.286. The molecule has 2 aliphatic heterocycles. The Morgan fingerprint density at radius 3 is 1.88 bits per heavy atom. The Morgan fingerprint density at radius 1 is 0.794 bits per heavy atom. The Morgan fingerprint density at radius 2 is 1.35 bits per heavy atom. The molecule has 2 rings (SSSR count). The van der Waals surface area contributed by atoms with Crippen molar-refractivity contribution in [2.45, 2.75) is 119 Å². The van der Waals surface area contributed by atoms with Crippen LogP contribution in [0.25, 0.3) is 0 Å². The predicted octanol–water partition coefficient (Wildman–Crippen LogP) is -5.24. The van der Waals surface area contributed by atoms with E-state index in [9.17, 15) is 30.6 Å². The molecule has 0 spiro atoms. The summed E-state index contributed by atoms with van der Waals surface area (Å²) < 4.78 is 22.0. The van der Waals surface area contributed by atoms with Gasteiger partial charge in [0.1, 0.15) is 36.6 Å². The number of aliphatic hydroxyl groups is 6. The van der Waals surface area contributed by atoms with Gasteiger partial charge in [-0.05, 0) is 27.2 Å². The Labute approximate surface area is 198 Å². The molecule has 14 heteroatoms. The van der Waals surface area contributed by atoms with E-state index in [1.807, 2.05) is 0 Å². The van der Waals surface area contributed by atoms with Crippen molar-refractivity contribution in [2.24, 2.45) is 22.9 Å². The largest absolute Gasteiger partial charge is 0.391 e. The second-order valence-corrected chi connectivity index (χ2v) is 9.38. The Balaban J connectivity index is 1.83. The van der Waals surface area contributed by atoms with E-state index in [0.717, 1.165) is 0 Å². The molecule has 15 atom stereocenters. The van der Waals surface area contributed by atoms with E-state index in [2.05, 4.69) is 0 Å². The summed E-state index contributed by atoms with van der Waals surface area (Å²) in [5, 5.41) is 60.3. The second-order valence-electron chi connectivity index (χ2n) is 9.38. The van der Waals surface area contributed by atoms with Crippen LogP contribution in [0.3, 0.4) is 0 Å². The lowest BCUT2D eigenvalue weighted by atomic mass is 9.94. The predicted molar refractivity (Wildman–Crippen MR) is 118 cm³/mol. The van der Waals surface area contributed by atoms with Crippen LogP contribution in [0.4, 0.5) is 0 Å². The van der Waals surface area contributed by atoms with Crippen molar-refractivity contribution >= 4 is 0 Å². The summed E-state index contributed by atoms with van der Waals surface area (Å²) in [6.45, 7) is 4.36. The van der Waals surface area contributed by atoms with Gasteiger partial charge in [0.05, 0.1) is 31.0 Å². The SMILES string of the molecule is C[C@H](O)C1O[C@H](O[C@@H](C)C(N)C[C@@H](N)C(O)CO[C@@H]2O[C@H]([C@H](C)N)C(O)[C@@H]2O)C(N)C(O)[C@@H]1O. The highest BCUT2D eigenvalue weighted by Gasteiger charge is 2.46. The van der Waals surface area contributed by atoms with Crippen LogP contribution >= 0.6 is 0 Å². The number of hydrogen-bond acceptors (Lipinski definition) is 14. The third-order valence-electron chi connectivity index (χ3n) is 6.36. The van der Waals surface area contributed by atoms with Gasteiger partial charge in [-0.25, -0.2) is 0 Å². The average molecular weight is 499 g/mol. The van der Waals surface area contributed by atoms with Crippen LogP contribution in [0.1, 0.15) is 27.2 Å². The van der Waals surface area contributed by atoms with Crippen LogP contribution in [0.2, 0.25) is 0 Å². The number of hydrogen-bond donors (Lipinski definition) is 10. The van der Waals surface area contributed by atoms with Crippen LogP contribution in [0.15, 0.2) is 0 Å². The maximum absolute atomic E-state index is 10.4. The van der Waals surface area contributed by atoms with Crippen LogP contribution < -0.4 is 22.9 Å². The first-order valence-electron chi connectivity index (χ1n) is 11.4. The maximum atomic E-state index is 10.4. The zero-order chi connectivity index (χ0) is 25.9. The third kappa shape index (κ3) is 7.02. The van der Waals surface area contributed by atoms with E-state index < -0.39 is 91.7 Å². The molecule has 2 saturated heterocycles. The summed E-state index contributed by atoms with van der Waals surface area (Å²) in [5.41, 5.74) is 23.8. The Hall–Kier alpha value is -0.560. The van der Waals surface area contributed by atoms with Crippen molar-refractivity contribution < 1.29 is 49.6 Å². The molecule has 0 saturated carbocycles. The van der Waals surface area contributed by atoms with Gasteiger partial charge in [0.25, 0.3) is 0 Å². The molecule has 2 fully saturated rings. The quantitative estimate of drug-likeness (QED) is 0.128. The fourth-order valence-electron chi connectivity index (χ4n) is 3.97. The molecule has 0 amide bonds. The number of aliphatic hydroxyl groups excluding tert-OH is 6. The van der Waals surface area contributed by atoms with Crippen molar-refractivity contribution in [3.05, 3.63) is 0 Å². The van der Waals surface area contributed by atoms with Crippen LogP contribution in [0.5, 0.6) is 0 Å². The van der Waals surface area contributed by atoms with Gasteiger partial charge in [-0.15, -0.1) is 0 Å². The van der Waals surface area contributed by atoms with Gasteiger partial charge >= 0.3 is 0 Å². The second kappa shape index (κ2) is 12.6. The molecule has 14 N–H and O–H groups in total. The van der Waals surface area contributed by atoms with Crippen molar-refractivity contribution in [1.29, 1.82) is 0 Å². The van der Waals surface area contributed by atoms with Gasteiger partial charge in [0, 0.05) is 18.1 Å². The lowest BCUT2D eigenvalue weighted by Gasteiger charge is -2.43. The van der Waals surface area contributed by atoms with Gasteiger partial charge in [-0.2, -0.15) is 0 Å². The zero-order valence-electron chi connectivity index (χ0n) is 19.7. The van der Waals surface area contributed by atoms with E-state index in [4.69, 9.17) is 41.9 Å². The highest BCUT2D eigenvalue weighted by molar-refractivity contribution is 4.94. The first-order chi connectivity index (χ1) is 15.8. The van der Waals surface area contributed by atoms with E-state index in [1.54, 1.807) is 13.8 Å². The molecule has 0 aliphatic carbocycles. The van der Waals surface area contributed by atoms with Crippen molar-refractivity contribution in [1.82, 2.24) is 0 Å². The fraction of sp³-hybridized carbons (Fsp3) is 1.00. The van der Waals surface area contributed by atoms with Crippen LogP contribution in [-0.4, -0.2) is 129 Å². The van der Waals surface area contributed by atoms with Gasteiger partial charge in [-0.1, -0.05) is 0 Å². The minimum atomic E-state index is -1.38. The van der Waals surface area contributed by atoms with E-state index in [0.29, 0.717) is 0 Å². The first-order valence-corrected chi connectivity index (χ1v) is 11.4.